The van der Waals surface area contributed by atoms with Crippen molar-refractivity contribution in [2.75, 3.05) is 17.6 Å². The van der Waals surface area contributed by atoms with Crippen LogP contribution in [0, 0.1) is 5.92 Å². The summed E-state index contributed by atoms with van der Waals surface area (Å²) in [4.78, 5) is 12.5. The number of thioether (sulfide) groups is 1. The average Bonchev–Trinajstić information content (AvgIpc) is 2.65. The number of ether oxygens (including phenoxy) is 1. The molecule has 0 bridgehead atoms. The monoisotopic (exact) mass is 456 g/mol. The Kier molecular flexibility index (Phi) is 8.83. The van der Waals surface area contributed by atoms with Crippen molar-refractivity contribution < 1.29 is 23.4 Å². The highest BCUT2D eigenvalue weighted by atomic mass is 32.2. The van der Waals surface area contributed by atoms with Crippen molar-refractivity contribution in [1.82, 2.24) is 15.0 Å². The van der Waals surface area contributed by atoms with Gasteiger partial charge in [-0.05, 0) is 24.8 Å². The summed E-state index contributed by atoms with van der Waals surface area (Å²) in [5.74, 6) is 0.00523. The Labute approximate surface area is 181 Å². The fourth-order valence-corrected chi connectivity index (χ4v) is 3.91. The number of hydrogen-bond acceptors (Lipinski definition) is 9. The molecule has 3 N–H and O–H groups in total. The second-order valence-corrected chi connectivity index (χ2v) is 10.4. The van der Waals surface area contributed by atoms with Gasteiger partial charge in [0.15, 0.2) is 5.16 Å². The Morgan fingerprint density at radius 1 is 1.13 bits per heavy atom. The number of benzene rings is 1. The normalized spacial score (nSPS) is 14.9. The zero-order valence-corrected chi connectivity index (χ0v) is 19.0. The molecule has 2 aromatic rings. The van der Waals surface area contributed by atoms with E-state index in [2.05, 4.69) is 19.7 Å². The van der Waals surface area contributed by atoms with Crippen LogP contribution in [0.15, 0.2) is 35.5 Å². The van der Waals surface area contributed by atoms with Crippen LogP contribution in [0.2, 0.25) is 0 Å². The topological polar surface area (TPSA) is 135 Å². The molecule has 1 unspecified atom stereocenters. The highest BCUT2D eigenvalue weighted by Crippen LogP contribution is 2.33. The quantitative estimate of drug-likeness (QED) is 0.435. The van der Waals surface area contributed by atoms with Gasteiger partial charge in [-0.25, -0.2) is 8.42 Å². The lowest BCUT2D eigenvalue weighted by molar-refractivity contribution is -0.0138. The summed E-state index contributed by atoms with van der Waals surface area (Å²) in [5.41, 5.74) is 1.05. The summed E-state index contributed by atoms with van der Waals surface area (Å²) in [6.07, 6.45) is -0.443. The molecule has 0 spiro atoms. The van der Waals surface area contributed by atoms with E-state index < -0.39 is 28.8 Å². The van der Waals surface area contributed by atoms with Gasteiger partial charge in [-0.3, -0.25) is 4.72 Å². The van der Waals surface area contributed by atoms with Crippen molar-refractivity contribution in [2.24, 2.45) is 5.92 Å². The van der Waals surface area contributed by atoms with Crippen LogP contribution in [0.4, 0.5) is 5.95 Å². The molecular formula is C19H28N4O5S2. The van der Waals surface area contributed by atoms with Gasteiger partial charge in [0.1, 0.15) is 12.2 Å². The molecule has 0 fully saturated rings. The number of aliphatic hydroxyl groups is 2. The standard InChI is InChI=1S/C19H28N4O5S2/c1-12(2)10-16(15(25)11-24)28-18-20-17(23-30(4,26)27)21-19(22-18)29-13(3)14-8-6-5-7-9-14/h5-9,12-13,15-16,24-25H,10-11H2,1-4H3,(H,20,21,22,23)/t13?,15-,16+/m0/s1. The molecule has 0 saturated heterocycles. The van der Waals surface area contributed by atoms with Gasteiger partial charge in [-0.15, -0.1) is 0 Å². The van der Waals surface area contributed by atoms with Gasteiger partial charge in [0, 0.05) is 5.25 Å². The molecule has 0 aliphatic heterocycles. The molecule has 0 aliphatic carbocycles. The molecule has 9 nitrogen and oxygen atoms in total. The first-order chi connectivity index (χ1) is 14.1. The van der Waals surface area contributed by atoms with E-state index in [9.17, 15) is 18.6 Å². The SMILES string of the molecule is CC(C)C[C@@H](Oc1nc(NS(C)(=O)=O)nc(SC(C)c2ccccc2)n1)[C@@H](O)CO. The van der Waals surface area contributed by atoms with Gasteiger partial charge in [0.2, 0.25) is 16.0 Å². The number of anilines is 1. The zero-order chi connectivity index (χ0) is 22.3. The van der Waals surface area contributed by atoms with Crippen LogP contribution < -0.4 is 9.46 Å². The van der Waals surface area contributed by atoms with Gasteiger partial charge >= 0.3 is 6.01 Å². The van der Waals surface area contributed by atoms with Crippen LogP contribution in [0.25, 0.3) is 0 Å². The number of aliphatic hydroxyl groups excluding tert-OH is 2. The van der Waals surface area contributed by atoms with Crippen molar-refractivity contribution in [3.8, 4) is 6.01 Å². The summed E-state index contributed by atoms with van der Waals surface area (Å²) < 4.78 is 31.3. The van der Waals surface area contributed by atoms with Gasteiger partial charge in [-0.2, -0.15) is 15.0 Å². The fourth-order valence-electron chi connectivity index (χ4n) is 2.61. The number of aromatic nitrogens is 3. The minimum atomic E-state index is -3.62. The largest absolute Gasteiger partial charge is 0.457 e. The van der Waals surface area contributed by atoms with E-state index in [-0.39, 0.29) is 28.3 Å². The molecule has 1 aromatic carbocycles. The van der Waals surface area contributed by atoms with Crippen LogP contribution in [0.1, 0.15) is 38.0 Å². The Morgan fingerprint density at radius 2 is 1.80 bits per heavy atom. The van der Waals surface area contributed by atoms with Crippen molar-refractivity contribution in [3.63, 3.8) is 0 Å². The Balaban J connectivity index is 2.33. The van der Waals surface area contributed by atoms with E-state index in [1.54, 1.807) is 0 Å². The molecule has 11 heteroatoms. The summed E-state index contributed by atoms with van der Waals surface area (Å²) in [5, 5.41) is 19.7. The maximum Gasteiger partial charge on any atom is 0.322 e. The highest BCUT2D eigenvalue weighted by molar-refractivity contribution is 7.99. The second-order valence-electron chi connectivity index (χ2n) is 7.30. The summed E-state index contributed by atoms with van der Waals surface area (Å²) in [7, 11) is -3.62. The molecule has 3 atom stereocenters. The molecule has 0 aliphatic rings. The number of nitrogens with zero attached hydrogens (tertiary/aromatic N) is 3. The van der Waals surface area contributed by atoms with Gasteiger partial charge < -0.3 is 14.9 Å². The molecule has 0 radical (unpaired) electrons. The lowest BCUT2D eigenvalue weighted by atomic mass is 10.0. The van der Waals surface area contributed by atoms with Crippen molar-refractivity contribution in [3.05, 3.63) is 35.9 Å². The van der Waals surface area contributed by atoms with Crippen LogP contribution in [-0.4, -0.2) is 58.7 Å². The van der Waals surface area contributed by atoms with Crippen molar-refractivity contribution in [2.45, 2.75) is 49.8 Å². The molecule has 166 valence electrons. The third kappa shape index (κ3) is 8.05. The predicted octanol–water partition coefficient (Wildman–Crippen LogP) is 2.24. The molecule has 0 amide bonds. The molecule has 1 aromatic heterocycles. The third-order valence-electron chi connectivity index (χ3n) is 4.00. The summed E-state index contributed by atoms with van der Waals surface area (Å²) in [6.45, 7) is 5.40. The minimum Gasteiger partial charge on any atom is -0.457 e. The van der Waals surface area contributed by atoms with E-state index in [0.29, 0.717) is 6.42 Å². The maximum atomic E-state index is 11.7. The molecule has 2 rings (SSSR count). The first-order valence-corrected chi connectivity index (χ1v) is 12.3. The van der Waals surface area contributed by atoms with E-state index in [4.69, 9.17) is 4.74 Å². The lowest BCUT2D eigenvalue weighted by Gasteiger charge is -2.23. The van der Waals surface area contributed by atoms with Crippen molar-refractivity contribution >= 4 is 27.7 Å². The van der Waals surface area contributed by atoms with E-state index >= 15 is 0 Å². The van der Waals surface area contributed by atoms with E-state index in [1.807, 2.05) is 51.1 Å². The average molecular weight is 457 g/mol. The summed E-state index contributed by atoms with van der Waals surface area (Å²) in [6, 6.07) is 9.60. The van der Waals surface area contributed by atoms with E-state index in [0.717, 1.165) is 11.8 Å². The smallest absolute Gasteiger partial charge is 0.322 e. The van der Waals surface area contributed by atoms with Crippen LogP contribution >= 0.6 is 11.8 Å². The Hall–Kier alpha value is -1.95. The molecular weight excluding hydrogens is 428 g/mol. The fraction of sp³-hybridized carbons (Fsp3) is 0.526. The third-order valence-corrected chi connectivity index (χ3v) is 5.57. The number of nitrogens with one attached hydrogen (secondary N) is 1. The number of sulfonamides is 1. The molecule has 30 heavy (non-hydrogen) atoms. The number of hydrogen-bond donors (Lipinski definition) is 3. The Morgan fingerprint density at radius 3 is 2.37 bits per heavy atom. The van der Waals surface area contributed by atoms with Gasteiger partial charge in [-0.1, -0.05) is 55.9 Å². The second kappa shape index (κ2) is 10.9. The van der Waals surface area contributed by atoms with Crippen molar-refractivity contribution in [1.29, 1.82) is 0 Å². The summed E-state index contributed by atoms with van der Waals surface area (Å²) >= 11 is 1.32. The van der Waals surface area contributed by atoms with Crippen LogP contribution in [-0.2, 0) is 10.0 Å². The Bertz CT molecular complexity index is 912. The van der Waals surface area contributed by atoms with Gasteiger partial charge in [0.05, 0.1) is 12.9 Å². The predicted molar refractivity (Wildman–Crippen MR) is 116 cm³/mol. The first kappa shape index (κ1) is 24.3. The van der Waals surface area contributed by atoms with Crippen LogP contribution in [0.3, 0.4) is 0 Å². The molecule has 0 saturated carbocycles. The molecule has 1 heterocycles. The lowest BCUT2D eigenvalue weighted by Crippen LogP contribution is -2.36. The van der Waals surface area contributed by atoms with Crippen LogP contribution in [0.5, 0.6) is 6.01 Å². The number of rotatable bonds is 11. The van der Waals surface area contributed by atoms with E-state index in [1.165, 1.54) is 11.8 Å². The first-order valence-electron chi connectivity index (χ1n) is 9.48. The zero-order valence-electron chi connectivity index (χ0n) is 17.4. The highest BCUT2D eigenvalue weighted by Gasteiger charge is 2.24. The maximum absolute atomic E-state index is 11.7. The van der Waals surface area contributed by atoms with Gasteiger partial charge in [0.25, 0.3) is 0 Å². The minimum absolute atomic E-state index is 0.0120.